The third-order valence-electron chi connectivity index (χ3n) is 3.20. The molecule has 0 saturated carbocycles. The Bertz CT molecular complexity index is 635. The van der Waals surface area contributed by atoms with Crippen LogP contribution in [0.1, 0.15) is 23.1 Å². The predicted octanol–water partition coefficient (Wildman–Crippen LogP) is 2.61. The summed E-state index contributed by atoms with van der Waals surface area (Å²) < 4.78 is 5.78. The maximum Gasteiger partial charge on any atom is 0.120 e. The zero-order valence-corrected chi connectivity index (χ0v) is 12.5. The van der Waals surface area contributed by atoms with E-state index in [0.29, 0.717) is 12.2 Å². The molecule has 0 aromatic heterocycles. The number of ether oxygens (including phenoxy) is 1. The lowest BCUT2D eigenvalue weighted by atomic mass is 10.1. The summed E-state index contributed by atoms with van der Waals surface area (Å²) in [6, 6.07) is 17.5. The van der Waals surface area contributed by atoms with E-state index in [2.05, 4.69) is 11.4 Å². The molecular formula is C18H20N2O2. The summed E-state index contributed by atoms with van der Waals surface area (Å²) in [7, 11) is 0. The molecule has 0 radical (unpaired) electrons. The van der Waals surface area contributed by atoms with Gasteiger partial charge in [0, 0.05) is 13.2 Å². The molecular weight excluding hydrogens is 276 g/mol. The van der Waals surface area contributed by atoms with Gasteiger partial charge in [-0.25, -0.2) is 0 Å². The van der Waals surface area contributed by atoms with Crippen LogP contribution in [0, 0.1) is 11.3 Å². The molecule has 2 aromatic rings. The number of aliphatic hydroxyl groups is 1. The van der Waals surface area contributed by atoms with Gasteiger partial charge in [0.25, 0.3) is 0 Å². The Morgan fingerprint density at radius 3 is 2.73 bits per heavy atom. The lowest BCUT2D eigenvalue weighted by Crippen LogP contribution is -2.15. The molecule has 0 amide bonds. The molecule has 2 N–H and O–H groups in total. The highest BCUT2D eigenvalue weighted by atomic mass is 16.5. The van der Waals surface area contributed by atoms with E-state index in [1.165, 1.54) is 0 Å². The van der Waals surface area contributed by atoms with E-state index in [1.54, 1.807) is 6.07 Å². The van der Waals surface area contributed by atoms with E-state index in [9.17, 15) is 0 Å². The van der Waals surface area contributed by atoms with Crippen molar-refractivity contribution >= 4 is 0 Å². The highest BCUT2D eigenvalue weighted by Gasteiger charge is 2.00. The molecule has 0 aliphatic rings. The molecule has 22 heavy (non-hydrogen) atoms. The Hall–Kier alpha value is -2.35. The van der Waals surface area contributed by atoms with E-state index >= 15 is 0 Å². The van der Waals surface area contributed by atoms with Crippen molar-refractivity contribution in [3.8, 4) is 11.8 Å². The molecule has 0 saturated heterocycles. The standard InChI is InChI=1S/C18H20N2O2/c19-12-15-4-1-6-17(10-15)14-22-18-7-2-5-16(11-18)13-20-8-3-9-21/h1-2,4-7,10-11,20-21H,3,8-9,13-14H2. The number of rotatable bonds is 8. The first-order chi connectivity index (χ1) is 10.8. The number of benzene rings is 2. The predicted molar refractivity (Wildman–Crippen MR) is 85.3 cm³/mol. The van der Waals surface area contributed by atoms with Crippen LogP contribution in [-0.4, -0.2) is 18.3 Å². The summed E-state index contributed by atoms with van der Waals surface area (Å²) in [5.41, 5.74) is 2.76. The van der Waals surface area contributed by atoms with Crippen molar-refractivity contribution in [3.05, 3.63) is 65.2 Å². The van der Waals surface area contributed by atoms with Crippen molar-refractivity contribution in [2.24, 2.45) is 0 Å². The largest absolute Gasteiger partial charge is 0.489 e. The summed E-state index contributed by atoms with van der Waals surface area (Å²) in [6.07, 6.45) is 0.755. The summed E-state index contributed by atoms with van der Waals surface area (Å²) >= 11 is 0. The molecule has 0 atom stereocenters. The van der Waals surface area contributed by atoms with Gasteiger partial charge in [-0.1, -0.05) is 24.3 Å². The number of nitrogens with zero attached hydrogens (tertiary/aromatic N) is 1. The van der Waals surface area contributed by atoms with Crippen LogP contribution in [0.2, 0.25) is 0 Å². The summed E-state index contributed by atoms with van der Waals surface area (Å²) in [6.45, 7) is 2.19. The Kier molecular flexibility index (Phi) is 6.43. The topological polar surface area (TPSA) is 65.3 Å². The maximum atomic E-state index is 8.89. The van der Waals surface area contributed by atoms with Crippen LogP contribution >= 0.6 is 0 Å². The van der Waals surface area contributed by atoms with Crippen LogP contribution in [0.15, 0.2) is 48.5 Å². The minimum absolute atomic E-state index is 0.206. The monoisotopic (exact) mass is 296 g/mol. The molecule has 0 aliphatic heterocycles. The van der Waals surface area contributed by atoms with Crippen molar-refractivity contribution in [2.75, 3.05) is 13.2 Å². The van der Waals surface area contributed by atoms with E-state index in [-0.39, 0.29) is 6.61 Å². The molecule has 0 aliphatic carbocycles. The van der Waals surface area contributed by atoms with Crippen molar-refractivity contribution in [3.63, 3.8) is 0 Å². The molecule has 0 bridgehead atoms. The second-order valence-electron chi connectivity index (χ2n) is 5.00. The van der Waals surface area contributed by atoms with Crippen LogP contribution in [0.5, 0.6) is 5.75 Å². The number of aliphatic hydroxyl groups excluding tert-OH is 1. The summed E-state index contributed by atoms with van der Waals surface area (Å²) in [5, 5.41) is 20.9. The van der Waals surface area contributed by atoms with Gasteiger partial charge >= 0.3 is 0 Å². The van der Waals surface area contributed by atoms with Gasteiger partial charge < -0.3 is 15.2 Å². The zero-order valence-electron chi connectivity index (χ0n) is 12.5. The fraction of sp³-hybridized carbons (Fsp3) is 0.278. The van der Waals surface area contributed by atoms with Gasteiger partial charge in [0.2, 0.25) is 0 Å². The van der Waals surface area contributed by atoms with Crippen LogP contribution in [0.3, 0.4) is 0 Å². The third-order valence-corrected chi connectivity index (χ3v) is 3.20. The highest BCUT2D eigenvalue weighted by molar-refractivity contribution is 5.33. The first kappa shape index (κ1) is 16.0. The van der Waals surface area contributed by atoms with Crippen molar-refractivity contribution in [1.29, 1.82) is 5.26 Å². The van der Waals surface area contributed by atoms with Gasteiger partial charge in [0.05, 0.1) is 11.6 Å². The number of hydrogen-bond acceptors (Lipinski definition) is 4. The second-order valence-corrected chi connectivity index (χ2v) is 5.00. The fourth-order valence-electron chi connectivity index (χ4n) is 2.08. The second kappa shape index (κ2) is 8.83. The SMILES string of the molecule is N#Cc1cccc(COc2cccc(CNCCCO)c2)c1. The average molecular weight is 296 g/mol. The number of nitrogens with one attached hydrogen (secondary N) is 1. The Morgan fingerprint density at radius 2 is 1.91 bits per heavy atom. The first-order valence-corrected chi connectivity index (χ1v) is 7.34. The molecule has 4 heteroatoms. The normalized spacial score (nSPS) is 10.2. The molecule has 4 nitrogen and oxygen atoms in total. The molecule has 2 aromatic carbocycles. The fourth-order valence-corrected chi connectivity index (χ4v) is 2.08. The van der Waals surface area contributed by atoms with Gasteiger partial charge in [-0.05, 0) is 48.4 Å². The van der Waals surface area contributed by atoms with Crippen molar-refractivity contribution in [2.45, 2.75) is 19.6 Å². The molecule has 0 fully saturated rings. The molecule has 2 rings (SSSR count). The lowest BCUT2D eigenvalue weighted by molar-refractivity contribution is 0.286. The van der Waals surface area contributed by atoms with Crippen LogP contribution in [0.25, 0.3) is 0 Å². The van der Waals surface area contributed by atoms with Gasteiger partial charge in [0.15, 0.2) is 0 Å². The Morgan fingerprint density at radius 1 is 1.09 bits per heavy atom. The van der Waals surface area contributed by atoms with Crippen LogP contribution in [0.4, 0.5) is 0 Å². The van der Waals surface area contributed by atoms with E-state index in [1.807, 2.05) is 42.5 Å². The smallest absolute Gasteiger partial charge is 0.120 e. The first-order valence-electron chi connectivity index (χ1n) is 7.34. The molecule has 0 spiro atoms. The highest BCUT2D eigenvalue weighted by Crippen LogP contribution is 2.15. The molecule has 0 heterocycles. The van der Waals surface area contributed by atoms with Crippen LogP contribution < -0.4 is 10.1 Å². The molecule has 0 unspecified atom stereocenters. The van der Waals surface area contributed by atoms with Gasteiger partial charge in [-0.15, -0.1) is 0 Å². The van der Waals surface area contributed by atoms with Crippen molar-refractivity contribution < 1.29 is 9.84 Å². The maximum absolute atomic E-state index is 8.89. The Balaban J connectivity index is 1.88. The van der Waals surface area contributed by atoms with Gasteiger partial charge in [-0.3, -0.25) is 0 Å². The van der Waals surface area contributed by atoms with Crippen molar-refractivity contribution in [1.82, 2.24) is 5.32 Å². The van der Waals surface area contributed by atoms with E-state index in [4.69, 9.17) is 15.1 Å². The zero-order chi connectivity index (χ0) is 15.6. The molecule has 114 valence electrons. The summed E-state index contributed by atoms with van der Waals surface area (Å²) in [5.74, 6) is 0.809. The quantitative estimate of drug-likeness (QED) is 0.735. The lowest BCUT2D eigenvalue weighted by Gasteiger charge is -2.09. The third kappa shape index (κ3) is 5.21. The van der Waals surface area contributed by atoms with Gasteiger partial charge in [0.1, 0.15) is 12.4 Å². The summed E-state index contributed by atoms with van der Waals surface area (Å²) in [4.78, 5) is 0. The minimum Gasteiger partial charge on any atom is -0.489 e. The van der Waals surface area contributed by atoms with Crippen LogP contribution in [-0.2, 0) is 13.2 Å². The number of hydrogen-bond donors (Lipinski definition) is 2. The Labute approximate surface area is 131 Å². The minimum atomic E-state index is 0.206. The van der Waals surface area contributed by atoms with E-state index in [0.717, 1.165) is 36.4 Å². The average Bonchev–Trinajstić information content (AvgIpc) is 2.57. The van der Waals surface area contributed by atoms with Gasteiger partial charge in [-0.2, -0.15) is 5.26 Å². The number of nitriles is 1. The van der Waals surface area contributed by atoms with E-state index < -0.39 is 0 Å².